The van der Waals surface area contributed by atoms with E-state index in [9.17, 15) is 4.79 Å². The summed E-state index contributed by atoms with van der Waals surface area (Å²) in [7, 11) is 2.20. The number of aryl methyl sites for hydroxylation is 1. The van der Waals surface area contributed by atoms with Crippen LogP contribution < -0.4 is 10.1 Å². The number of nitrogens with zero attached hydrogens (tertiary/aromatic N) is 1. The van der Waals surface area contributed by atoms with Crippen molar-refractivity contribution in [2.75, 3.05) is 7.05 Å². The average molecular weight is 389 g/mol. The van der Waals surface area contributed by atoms with Crippen LogP contribution in [0.3, 0.4) is 0 Å². The smallest absolute Gasteiger partial charge is 0.287 e. The number of amides is 1. The molecule has 3 atom stereocenters. The van der Waals surface area contributed by atoms with Gasteiger partial charge in [-0.1, -0.05) is 11.6 Å². The molecular formula is C21H25ClN2O3. The Kier molecular flexibility index (Phi) is 5.15. The van der Waals surface area contributed by atoms with Crippen molar-refractivity contribution < 1.29 is 13.9 Å². The minimum atomic E-state index is -0.141. The summed E-state index contributed by atoms with van der Waals surface area (Å²) in [6.07, 6.45) is 4.51. The van der Waals surface area contributed by atoms with Crippen LogP contribution in [0.5, 0.6) is 5.75 Å². The number of rotatable bonds is 5. The van der Waals surface area contributed by atoms with Gasteiger partial charge in [0.2, 0.25) is 0 Å². The molecule has 5 nitrogen and oxygen atoms in total. The largest absolute Gasteiger partial charge is 0.486 e. The third kappa shape index (κ3) is 3.99. The topological polar surface area (TPSA) is 54.7 Å². The van der Waals surface area contributed by atoms with Gasteiger partial charge in [-0.15, -0.1) is 0 Å². The van der Waals surface area contributed by atoms with Gasteiger partial charge in [-0.3, -0.25) is 4.79 Å². The van der Waals surface area contributed by atoms with Crippen molar-refractivity contribution in [2.45, 2.75) is 57.3 Å². The first-order valence-electron chi connectivity index (χ1n) is 9.50. The van der Waals surface area contributed by atoms with Crippen LogP contribution in [-0.2, 0) is 6.61 Å². The van der Waals surface area contributed by atoms with Gasteiger partial charge < -0.3 is 19.4 Å². The number of hydrogen-bond donors (Lipinski definition) is 1. The average Bonchev–Trinajstić information content (AvgIpc) is 3.18. The van der Waals surface area contributed by atoms with Crippen molar-refractivity contribution in [3.8, 4) is 5.75 Å². The first kappa shape index (κ1) is 18.4. The van der Waals surface area contributed by atoms with E-state index in [1.165, 1.54) is 12.8 Å². The summed E-state index contributed by atoms with van der Waals surface area (Å²) in [6, 6.07) is 10.4. The number of halogens is 1. The van der Waals surface area contributed by atoms with Crippen molar-refractivity contribution in [2.24, 2.45) is 0 Å². The molecule has 0 spiro atoms. The fraction of sp³-hybridized carbons (Fsp3) is 0.476. The van der Waals surface area contributed by atoms with E-state index >= 15 is 0 Å². The zero-order chi connectivity index (χ0) is 19.0. The highest BCUT2D eigenvalue weighted by Gasteiger charge is 2.39. The predicted octanol–water partition coefficient (Wildman–Crippen LogP) is 4.18. The van der Waals surface area contributed by atoms with Crippen molar-refractivity contribution in [3.63, 3.8) is 0 Å². The zero-order valence-electron chi connectivity index (χ0n) is 15.7. The predicted molar refractivity (Wildman–Crippen MR) is 104 cm³/mol. The van der Waals surface area contributed by atoms with Crippen LogP contribution in [0.1, 0.15) is 47.6 Å². The van der Waals surface area contributed by atoms with Gasteiger partial charge in [0.25, 0.3) is 5.91 Å². The molecule has 0 saturated carbocycles. The zero-order valence-corrected chi connectivity index (χ0v) is 16.5. The molecular weight excluding hydrogens is 364 g/mol. The van der Waals surface area contributed by atoms with E-state index in [0.717, 1.165) is 24.2 Å². The summed E-state index contributed by atoms with van der Waals surface area (Å²) in [5.74, 6) is 1.54. The van der Waals surface area contributed by atoms with E-state index in [0.29, 0.717) is 28.6 Å². The molecule has 0 aliphatic carbocycles. The van der Waals surface area contributed by atoms with Gasteiger partial charge in [0.1, 0.15) is 18.1 Å². The van der Waals surface area contributed by atoms with Gasteiger partial charge in [0.05, 0.1) is 0 Å². The fourth-order valence-corrected chi connectivity index (χ4v) is 4.34. The Balaban J connectivity index is 1.32. The monoisotopic (exact) mass is 388 g/mol. The van der Waals surface area contributed by atoms with Crippen LogP contribution in [-0.4, -0.2) is 36.0 Å². The van der Waals surface area contributed by atoms with E-state index in [1.54, 1.807) is 12.1 Å². The highest BCUT2D eigenvalue weighted by molar-refractivity contribution is 6.31. The lowest BCUT2D eigenvalue weighted by molar-refractivity contribution is 0.0851. The minimum absolute atomic E-state index is 0.141. The van der Waals surface area contributed by atoms with Crippen LogP contribution in [0, 0.1) is 6.92 Å². The van der Waals surface area contributed by atoms with Gasteiger partial charge in [-0.05, 0) is 75.5 Å². The standard InChI is InChI=1S/C21H25ClN2O3/c1-13-9-17(5-7-19(13)22)26-12-18-6-8-20(27-18)21(25)23-14-10-15-3-4-16(11-14)24(15)2/h5-9,14-16H,3-4,10-12H2,1-2H3,(H,23,25)/t14?,15-,16+. The molecule has 1 unspecified atom stereocenters. The molecule has 0 radical (unpaired) electrons. The Labute approximate surface area is 164 Å². The second kappa shape index (κ2) is 7.56. The Morgan fingerprint density at radius 2 is 2.00 bits per heavy atom. The lowest BCUT2D eigenvalue weighted by atomic mass is 9.98. The molecule has 3 heterocycles. The lowest BCUT2D eigenvalue weighted by Crippen LogP contribution is -2.48. The minimum Gasteiger partial charge on any atom is -0.486 e. The highest BCUT2D eigenvalue weighted by atomic mass is 35.5. The summed E-state index contributed by atoms with van der Waals surface area (Å²) in [4.78, 5) is 15.0. The van der Waals surface area contributed by atoms with E-state index in [2.05, 4.69) is 17.3 Å². The van der Waals surface area contributed by atoms with Gasteiger partial charge in [0, 0.05) is 23.1 Å². The van der Waals surface area contributed by atoms with Crippen molar-refractivity contribution in [3.05, 3.63) is 52.4 Å². The molecule has 2 aliphatic rings. The van der Waals surface area contributed by atoms with Crippen molar-refractivity contribution in [1.82, 2.24) is 10.2 Å². The molecule has 2 saturated heterocycles. The molecule has 1 aromatic carbocycles. The Morgan fingerprint density at radius 1 is 1.26 bits per heavy atom. The van der Waals surface area contributed by atoms with Crippen LogP contribution in [0.15, 0.2) is 34.7 Å². The molecule has 2 aromatic rings. The molecule has 4 rings (SSSR count). The third-order valence-electron chi connectivity index (χ3n) is 5.83. The second-order valence-electron chi connectivity index (χ2n) is 7.66. The maximum atomic E-state index is 12.5. The molecule has 2 bridgehead atoms. The molecule has 1 amide bonds. The van der Waals surface area contributed by atoms with Gasteiger partial charge in [0.15, 0.2) is 5.76 Å². The first-order valence-corrected chi connectivity index (χ1v) is 9.88. The number of benzene rings is 1. The Bertz CT molecular complexity index is 821. The van der Waals surface area contributed by atoms with Gasteiger partial charge in [-0.2, -0.15) is 0 Å². The molecule has 144 valence electrons. The molecule has 1 aromatic heterocycles. The third-order valence-corrected chi connectivity index (χ3v) is 6.25. The van der Waals surface area contributed by atoms with Crippen LogP contribution >= 0.6 is 11.6 Å². The number of carbonyl (C=O) groups excluding carboxylic acids is 1. The number of nitrogens with one attached hydrogen (secondary N) is 1. The Hall–Kier alpha value is -1.98. The maximum absolute atomic E-state index is 12.5. The first-order chi connectivity index (χ1) is 13.0. The Morgan fingerprint density at radius 3 is 2.70 bits per heavy atom. The fourth-order valence-electron chi connectivity index (χ4n) is 4.22. The van der Waals surface area contributed by atoms with Crippen LogP contribution in [0.2, 0.25) is 5.02 Å². The summed E-state index contributed by atoms with van der Waals surface area (Å²) in [6.45, 7) is 2.20. The van der Waals surface area contributed by atoms with Crippen molar-refractivity contribution >= 4 is 17.5 Å². The van der Waals surface area contributed by atoms with Crippen LogP contribution in [0.25, 0.3) is 0 Å². The van der Waals surface area contributed by atoms with E-state index in [1.807, 2.05) is 25.1 Å². The molecule has 2 fully saturated rings. The van der Waals surface area contributed by atoms with Gasteiger partial charge >= 0.3 is 0 Å². The molecule has 27 heavy (non-hydrogen) atoms. The number of furan rings is 1. The summed E-state index contributed by atoms with van der Waals surface area (Å²) in [5.41, 5.74) is 0.959. The molecule has 6 heteroatoms. The quantitative estimate of drug-likeness (QED) is 0.835. The summed E-state index contributed by atoms with van der Waals surface area (Å²) in [5, 5.41) is 3.85. The second-order valence-corrected chi connectivity index (χ2v) is 8.07. The number of hydrogen-bond acceptors (Lipinski definition) is 4. The maximum Gasteiger partial charge on any atom is 0.287 e. The van der Waals surface area contributed by atoms with Crippen molar-refractivity contribution in [1.29, 1.82) is 0 Å². The molecule has 1 N–H and O–H groups in total. The SMILES string of the molecule is Cc1cc(OCc2ccc(C(=O)NC3C[C@H]4CC[C@@H](C3)N4C)o2)ccc1Cl. The van der Waals surface area contributed by atoms with E-state index in [-0.39, 0.29) is 18.6 Å². The number of ether oxygens (including phenoxy) is 1. The van der Waals surface area contributed by atoms with Gasteiger partial charge in [-0.25, -0.2) is 0 Å². The van der Waals surface area contributed by atoms with Crippen LogP contribution in [0.4, 0.5) is 0 Å². The van der Waals surface area contributed by atoms with E-state index in [4.69, 9.17) is 20.8 Å². The number of piperidine rings is 1. The number of carbonyl (C=O) groups is 1. The summed E-state index contributed by atoms with van der Waals surface area (Å²) < 4.78 is 11.4. The summed E-state index contributed by atoms with van der Waals surface area (Å²) >= 11 is 6.02. The normalized spacial score (nSPS) is 24.8. The lowest BCUT2D eigenvalue weighted by Gasteiger charge is -2.36. The molecule has 2 aliphatic heterocycles. The highest BCUT2D eigenvalue weighted by Crippen LogP contribution is 2.34. The number of fused-ring (bicyclic) bond motifs is 2. The van der Waals surface area contributed by atoms with E-state index < -0.39 is 0 Å².